The molecule has 0 aliphatic carbocycles. The number of nitrogens with two attached hydrogens (primary N) is 2. The van der Waals surface area contributed by atoms with Crippen LogP contribution in [-0.4, -0.2) is 13.7 Å². The average molecular weight is 135 g/mol. The van der Waals surface area contributed by atoms with Crippen molar-refractivity contribution in [1.29, 1.82) is 0 Å². The molecule has 0 heterocycles. The Morgan fingerprint density at radius 2 is 2.10 bits per heavy atom. The molecule has 0 aliphatic heterocycles. The smallest absolute Gasteiger partial charge is 0.145 e. The van der Waals surface area contributed by atoms with E-state index < -0.39 is 0 Å². The number of rotatable bonds is 2. The fourth-order valence-corrected chi connectivity index (χ4v) is 0.370. The summed E-state index contributed by atoms with van der Waals surface area (Å²) in [5.74, 6) is 0.204. The van der Waals surface area contributed by atoms with Gasteiger partial charge in [0.25, 0.3) is 0 Å². The molecule has 0 saturated carbocycles. The molecule has 0 atom stereocenters. The summed E-state index contributed by atoms with van der Waals surface area (Å²) in [6.45, 7) is 5.01. The van der Waals surface area contributed by atoms with Crippen molar-refractivity contribution in [1.82, 2.24) is 0 Å². The van der Waals surface area contributed by atoms with Gasteiger partial charge in [0.05, 0.1) is 5.70 Å². The molecule has 0 fully saturated rings. The van der Waals surface area contributed by atoms with E-state index in [1.807, 2.05) is 0 Å². The lowest BCUT2D eigenvalue weighted by Gasteiger charge is -2.00. The molecule has 0 rings (SSSR count). The lowest BCUT2D eigenvalue weighted by molar-refractivity contribution is 1.35. The standard InChI is InChI=1S/C6H10BN3/c1-3-10-6(9)5(8)4(2)7/h3H,1,8H2,2H3,(H2,9,10)/b5-4-. The summed E-state index contributed by atoms with van der Waals surface area (Å²) in [6.07, 6.45) is 1.31. The van der Waals surface area contributed by atoms with Crippen molar-refractivity contribution in [2.45, 2.75) is 6.92 Å². The molecule has 4 N–H and O–H groups in total. The Kier molecular flexibility index (Phi) is 3.32. The predicted molar refractivity (Wildman–Crippen MR) is 44.5 cm³/mol. The molecule has 0 aromatic rings. The van der Waals surface area contributed by atoms with E-state index in [-0.39, 0.29) is 5.84 Å². The highest BCUT2D eigenvalue weighted by Gasteiger charge is 1.95. The molecule has 0 saturated heterocycles. The molecule has 10 heavy (non-hydrogen) atoms. The molecule has 0 aromatic carbocycles. The first-order chi connectivity index (χ1) is 4.59. The third kappa shape index (κ3) is 2.39. The monoisotopic (exact) mass is 135 g/mol. The quantitative estimate of drug-likeness (QED) is 0.314. The summed E-state index contributed by atoms with van der Waals surface area (Å²) < 4.78 is 0. The van der Waals surface area contributed by atoms with E-state index in [0.29, 0.717) is 11.2 Å². The van der Waals surface area contributed by atoms with Crippen LogP contribution in [0.3, 0.4) is 0 Å². The van der Waals surface area contributed by atoms with Gasteiger partial charge in [-0.2, -0.15) is 0 Å². The van der Waals surface area contributed by atoms with Crippen molar-refractivity contribution >= 4 is 13.7 Å². The minimum Gasteiger partial charge on any atom is -0.396 e. The summed E-state index contributed by atoms with van der Waals surface area (Å²) in [7, 11) is 5.33. The maximum absolute atomic E-state index is 5.40. The lowest BCUT2D eigenvalue weighted by Crippen LogP contribution is -2.22. The Labute approximate surface area is 61.9 Å². The highest BCUT2D eigenvalue weighted by atomic mass is 14.9. The summed E-state index contributed by atoms with van der Waals surface area (Å²) >= 11 is 0. The van der Waals surface area contributed by atoms with Gasteiger partial charge in [0.2, 0.25) is 0 Å². The van der Waals surface area contributed by atoms with Crippen LogP contribution in [0.4, 0.5) is 0 Å². The van der Waals surface area contributed by atoms with Gasteiger partial charge in [-0.1, -0.05) is 19.0 Å². The molecule has 0 amide bonds. The molecular weight excluding hydrogens is 125 g/mol. The maximum atomic E-state index is 5.40. The number of amidine groups is 1. The minimum atomic E-state index is 0.204. The van der Waals surface area contributed by atoms with Gasteiger partial charge in [-0.25, -0.2) is 4.99 Å². The summed E-state index contributed by atoms with van der Waals surface area (Å²) in [5, 5.41) is 0. The number of hydrogen-bond donors (Lipinski definition) is 2. The molecular formula is C6H10BN3. The van der Waals surface area contributed by atoms with Crippen LogP contribution in [0.15, 0.2) is 28.9 Å². The molecule has 0 spiro atoms. The van der Waals surface area contributed by atoms with Crippen LogP contribution in [0.2, 0.25) is 0 Å². The van der Waals surface area contributed by atoms with Crippen LogP contribution in [0, 0.1) is 0 Å². The summed E-state index contributed by atoms with van der Waals surface area (Å²) in [5.41, 5.74) is 11.5. The van der Waals surface area contributed by atoms with Crippen LogP contribution in [0.1, 0.15) is 6.92 Å². The van der Waals surface area contributed by atoms with E-state index in [2.05, 4.69) is 11.6 Å². The number of hydrogen-bond acceptors (Lipinski definition) is 2. The van der Waals surface area contributed by atoms with Crippen LogP contribution >= 0.6 is 0 Å². The SMILES string of the molecule is [B]/C(C)=C(\N)C(N)=NC=C. The zero-order valence-electron chi connectivity index (χ0n) is 5.96. The highest BCUT2D eigenvalue weighted by molar-refractivity contribution is 6.24. The van der Waals surface area contributed by atoms with Crippen molar-refractivity contribution in [3.8, 4) is 0 Å². The fourth-order valence-electron chi connectivity index (χ4n) is 0.370. The van der Waals surface area contributed by atoms with E-state index in [1.54, 1.807) is 6.92 Å². The van der Waals surface area contributed by atoms with Gasteiger partial charge < -0.3 is 11.5 Å². The largest absolute Gasteiger partial charge is 0.396 e. The molecule has 3 nitrogen and oxygen atoms in total. The Morgan fingerprint density at radius 3 is 2.40 bits per heavy atom. The third-order valence-corrected chi connectivity index (χ3v) is 0.931. The van der Waals surface area contributed by atoms with Crippen LogP contribution in [0.5, 0.6) is 0 Å². The van der Waals surface area contributed by atoms with Gasteiger partial charge in [-0.15, -0.1) is 0 Å². The third-order valence-electron chi connectivity index (χ3n) is 0.931. The van der Waals surface area contributed by atoms with Crippen molar-refractivity contribution in [2.75, 3.05) is 0 Å². The zero-order chi connectivity index (χ0) is 8.15. The highest BCUT2D eigenvalue weighted by Crippen LogP contribution is 1.91. The zero-order valence-corrected chi connectivity index (χ0v) is 5.96. The van der Waals surface area contributed by atoms with Gasteiger partial charge in [0.1, 0.15) is 13.7 Å². The average Bonchev–Trinajstić information content (AvgIpc) is 1.87. The van der Waals surface area contributed by atoms with E-state index in [4.69, 9.17) is 19.3 Å². The van der Waals surface area contributed by atoms with E-state index >= 15 is 0 Å². The van der Waals surface area contributed by atoms with Gasteiger partial charge in [-0.05, 0) is 0 Å². The van der Waals surface area contributed by atoms with E-state index in [9.17, 15) is 0 Å². The Balaban J connectivity index is 4.51. The van der Waals surface area contributed by atoms with Crippen LogP contribution in [0.25, 0.3) is 0 Å². The van der Waals surface area contributed by atoms with Crippen LogP contribution in [-0.2, 0) is 0 Å². The number of allylic oxidation sites excluding steroid dienone is 1. The first kappa shape index (κ1) is 8.81. The second-order valence-corrected chi connectivity index (χ2v) is 1.79. The number of aliphatic imine (C=N–C) groups is 1. The summed E-state index contributed by atoms with van der Waals surface area (Å²) in [4.78, 5) is 3.64. The fraction of sp³-hybridized carbons (Fsp3) is 0.167. The molecule has 52 valence electrons. The Bertz CT molecular complexity index is 189. The topological polar surface area (TPSA) is 64.4 Å². The molecule has 0 aromatic heterocycles. The van der Waals surface area contributed by atoms with Gasteiger partial charge in [0.15, 0.2) is 0 Å². The molecule has 2 radical (unpaired) electrons. The summed E-state index contributed by atoms with van der Waals surface area (Å²) in [6, 6.07) is 0. The van der Waals surface area contributed by atoms with E-state index in [0.717, 1.165) is 0 Å². The molecule has 0 aliphatic rings. The predicted octanol–water partition coefficient (Wildman–Crippen LogP) is -0.154. The first-order valence-corrected chi connectivity index (χ1v) is 2.76. The maximum Gasteiger partial charge on any atom is 0.145 e. The van der Waals surface area contributed by atoms with Crippen LogP contribution < -0.4 is 11.5 Å². The number of nitrogens with zero attached hydrogens (tertiary/aromatic N) is 1. The van der Waals surface area contributed by atoms with Gasteiger partial charge in [0, 0.05) is 6.20 Å². The van der Waals surface area contributed by atoms with Crippen molar-refractivity contribution in [3.05, 3.63) is 23.9 Å². The Morgan fingerprint density at radius 1 is 1.60 bits per heavy atom. The second kappa shape index (κ2) is 3.77. The second-order valence-electron chi connectivity index (χ2n) is 1.79. The minimum absolute atomic E-state index is 0.204. The first-order valence-electron chi connectivity index (χ1n) is 2.76. The van der Waals surface area contributed by atoms with Crippen molar-refractivity contribution < 1.29 is 0 Å². The van der Waals surface area contributed by atoms with Gasteiger partial charge >= 0.3 is 0 Å². The van der Waals surface area contributed by atoms with Crippen molar-refractivity contribution in [3.63, 3.8) is 0 Å². The van der Waals surface area contributed by atoms with Gasteiger partial charge in [-0.3, -0.25) is 0 Å². The normalized spacial score (nSPS) is 14.3. The molecule has 4 heteroatoms. The van der Waals surface area contributed by atoms with E-state index in [1.165, 1.54) is 6.20 Å². The molecule has 0 unspecified atom stereocenters. The Hall–Kier alpha value is -1.19. The van der Waals surface area contributed by atoms with Crippen molar-refractivity contribution in [2.24, 2.45) is 16.5 Å². The molecule has 0 bridgehead atoms. The lowest BCUT2D eigenvalue weighted by atomic mass is 9.95.